The SMILES string of the molecule is O=C(CCn1nc(-c2cccs2)oc1=O)n1ccccc1=NC1CCCCC1. The molecule has 4 rings (SSSR count). The lowest BCUT2D eigenvalue weighted by molar-refractivity contribution is 0.0888. The van der Waals surface area contributed by atoms with E-state index in [0.717, 1.165) is 17.7 Å². The van der Waals surface area contributed by atoms with E-state index >= 15 is 0 Å². The Balaban J connectivity index is 1.49. The van der Waals surface area contributed by atoms with Crippen molar-refractivity contribution in [1.29, 1.82) is 0 Å². The van der Waals surface area contributed by atoms with Gasteiger partial charge in [0.1, 0.15) is 5.49 Å². The number of nitrogens with zero attached hydrogens (tertiary/aromatic N) is 4. The second kappa shape index (κ2) is 8.52. The first kappa shape index (κ1) is 18.6. The van der Waals surface area contributed by atoms with Gasteiger partial charge in [-0.3, -0.25) is 14.4 Å². The van der Waals surface area contributed by atoms with Crippen molar-refractivity contribution < 1.29 is 9.21 Å². The lowest BCUT2D eigenvalue weighted by atomic mass is 9.96. The number of rotatable bonds is 5. The van der Waals surface area contributed by atoms with Gasteiger partial charge in [-0.2, -0.15) is 4.68 Å². The minimum atomic E-state index is -0.554. The van der Waals surface area contributed by atoms with E-state index in [4.69, 9.17) is 9.41 Å². The fraction of sp³-hybridized carbons (Fsp3) is 0.400. The molecule has 0 aliphatic heterocycles. The van der Waals surface area contributed by atoms with Crippen LogP contribution >= 0.6 is 11.3 Å². The fourth-order valence-electron chi connectivity index (χ4n) is 3.42. The maximum absolute atomic E-state index is 12.8. The van der Waals surface area contributed by atoms with Crippen molar-refractivity contribution in [3.8, 4) is 10.8 Å². The van der Waals surface area contributed by atoms with Gasteiger partial charge >= 0.3 is 5.76 Å². The third-order valence-corrected chi connectivity index (χ3v) is 5.73. The molecule has 0 saturated heterocycles. The molecule has 7 nitrogen and oxygen atoms in total. The lowest BCUT2D eigenvalue weighted by Gasteiger charge is -2.17. The molecule has 0 spiro atoms. The van der Waals surface area contributed by atoms with Crippen LogP contribution in [0.2, 0.25) is 0 Å². The number of pyridine rings is 1. The van der Waals surface area contributed by atoms with Gasteiger partial charge in [0.05, 0.1) is 17.5 Å². The Labute approximate surface area is 166 Å². The Hall–Kier alpha value is -2.74. The zero-order valence-corrected chi connectivity index (χ0v) is 16.3. The normalized spacial score (nSPS) is 15.8. The molecule has 1 aliphatic rings. The summed E-state index contributed by atoms with van der Waals surface area (Å²) in [5.41, 5.74) is 0.672. The molecule has 0 unspecified atom stereocenters. The van der Waals surface area contributed by atoms with Gasteiger partial charge in [-0.15, -0.1) is 16.4 Å². The molecule has 1 saturated carbocycles. The zero-order valence-electron chi connectivity index (χ0n) is 15.5. The molecule has 28 heavy (non-hydrogen) atoms. The van der Waals surface area contributed by atoms with Crippen LogP contribution in [0.3, 0.4) is 0 Å². The van der Waals surface area contributed by atoms with Crippen LogP contribution in [0.1, 0.15) is 43.3 Å². The molecular formula is C20H22N4O3S. The van der Waals surface area contributed by atoms with Crippen LogP contribution < -0.4 is 11.2 Å². The standard InChI is InChI=1S/C20H22N4O3S/c25-18(11-13-24-20(26)27-19(22-24)16-9-6-14-28-16)23-12-5-4-10-17(23)21-15-7-2-1-3-8-15/h4-6,9-10,12,14-15H,1-3,7-8,11,13H2. The van der Waals surface area contributed by atoms with E-state index < -0.39 is 5.76 Å². The highest BCUT2D eigenvalue weighted by atomic mass is 32.1. The Kier molecular flexibility index (Phi) is 5.66. The van der Waals surface area contributed by atoms with Crippen LogP contribution in [0, 0.1) is 0 Å². The Morgan fingerprint density at radius 2 is 2.07 bits per heavy atom. The minimum absolute atomic E-state index is 0.122. The quantitative estimate of drug-likeness (QED) is 0.660. The molecule has 0 radical (unpaired) electrons. The van der Waals surface area contributed by atoms with Crippen molar-refractivity contribution in [2.24, 2.45) is 4.99 Å². The van der Waals surface area contributed by atoms with E-state index in [1.54, 1.807) is 10.8 Å². The van der Waals surface area contributed by atoms with Gasteiger partial charge in [-0.25, -0.2) is 4.79 Å². The molecule has 0 amide bonds. The number of carbonyl (C=O) groups is 1. The zero-order chi connectivity index (χ0) is 19.3. The summed E-state index contributed by atoms with van der Waals surface area (Å²) in [7, 11) is 0. The Bertz CT molecular complexity index is 1060. The first-order valence-electron chi connectivity index (χ1n) is 9.57. The molecule has 3 heterocycles. The average molecular weight is 398 g/mol. The molecule has 146 valence electrons. The molecule has 0 N–H and O–H groups in total. The number of hydrogen-bond acceptors (Lipinski definition) is 6. The highest BCUT2D eigenvalue weighted by Gasteiger charge is 2.15. The average Bonchev–Trinajstić information content (AvgIpc) is 3.37. The van der Waals surface area contributed by atoms with Crippen molar-refractivity contribution in [3.05, 3.63) is 57.9 Å². The number of thiophene rings is 1. The predicted octanol–water partition coefficient (Wildman–Crippen LogP) is 3.33. The highest BCUT2D eigenvalue weighted by molar-refractivity contribution is 7.13. The maximum atomic E-state index is 12.8. The van der Waals surface area contributed by atoms with Crippen LogP contribution in [-0.2, 0) is 6.54 Å². The van der Waals surface area contributed by atoms with E-state index in [0.29, 0.717) is 5.49 Å². The predicted molar refractivity (Wildman–Crippen MR) is 106 cm³/mol. The monoisotopic (exact) mass is 398 g/mol. The topological polar surface area (TPSA) is 82.4 Å². The summed E-state index contributed by atoms with van der Waals surface area (Å²) in [5.74, 6) is -0.392. The Morgan fingerprint density at radius 1 is 1.21 bits per heavy atom. The maximum Gasteiger partial charge on any atom is 0.437 e. The number of aryl methyl sites for hydroxylation is 1. The van der Waals surface area contributed by atoms with Gasteiger partial charge in [0.25, 0.3) is 5.89 Å². The van der Waals surface area contributed by atoms with Gasteiger partial charge in [-0.05, 0) is 36.4 Å². The highest BCUT2D eigenvalue weighted by Crippen LogP contribution is 2.21. The molecule has 0 aromatic carbocycles. The molecule has 3 aromatic rings. The third-order valence-electron chi connectivity index (χ3n) is 4.87. The van der Waals surface area contributed by atoms with Crippen molar-refractivity contribution in [2.75, 3.05) is 0 Å². The second-order valence-corrected chi connectivity index (χ2v) is 7.81. The number of carbonyl (C=O) groups excluding carboxylic acids is 1. The van der Waals surface area contributed by atoms with E-state index in [2.05, 4.69) is 5.10 Å². The summed E-state index contributed by atoms with van der Waals surface area (Å²) in [4.78, 5) is 30.3. The lowest BCUT2D eigenvalue weighted by Crippen LogP contribution is -2.30. The van der Waals surface area contributed by atoms with Crippen molar-refractivity contribution in [3.63, 3.8) is 0 Å². The molecule has 0 bridgehead atoms. The van der Waals surface area contributed by atoms with Crippen molar-refractivity contribution in [2.45, 2.75) is 51.1 Å². The van der Waals surface area contributed by atoms with Gasteiger partial charge in [-0.1, -0.05) is 31.4 Å². The minimum Gasteiger partial charge on any atom is -0.387 e. The fourth-order valence-corrected chi connectivity index (χ4v) is 4.06. The molecular weight excluding hydrogens is 376 g/mol. The molecule has 0 atom stereocenters. The Morgan fingerprint density at radius 3 is 2.86 bits per heavy atom. The van der Waals surface area contributed by atoms with Crippen molar-refractivity contribution >= 4 is 17.2 Å². The number of aromatic nitrogens is 3. The van der Waals surface area contributed by atoms with Crippen LogP contribution in [0.15, 0.2) is 56.1 Å². The summed E-state index contributed by atoms with van der Waals surface area (Å²) < 4.78 is 7.96. The van der Waals surface area contributed by atoms with Gasteiger partial charge in [0.15, 0.2) is 0 Å². The van der Waals surface area contributed by atoms with Crippen molar-refractivity contribution in [1.82, 2.24) is 14.3 Å². The van der Waals surface area contributed by atoms with Gasteiger partial charge < -0.3 is 4.42 Å². The summed E-state index contributed by atoms with van der Waals surface area (Å²) in [5, 5.41) is 6.09. The van der Waals surface area contributed by atoms with E-state index in [1.807, 2.05) is 35.7 Å². The van der Waals surface area contributed by atoms with Crippen LogP contribution in [0.25, 0.3) is 10.8 Å². The second-order valence-electron chi connectivity index (χ2n) is 6.87. The summed E-state index contributed by atoms with van der Waals surface area (Å²) in [6.45, 7) is 0.164. The van der Waals surface area contributed by atoms with E-state index in [9.17, 15) is 9.59 Å². The number of hydrogen-bond donors (Lipinski definition) is 0. The summed E-state index contributed by atoms with van der Waals surface area (Å²) in [6, 6.07) is 9.55. The molecule has 1 fully saturated rings. The first-order chi connectivity index (χ1) is 13.7. The smallest absolute Gasteiger partial charge is 0.387 e. The van der Waals surface area contributed by atoms with E-state index in [-0.39, 0.29) is 30.8 Å². The third kappa shape index (κ3) is 4.22. The van der Waals surface area contributed by atoms with Crippen LogP contribution in [-0.4, -0.2) is 26.3 Å². The van der Waals surface area contributed by atoms with Gasteiger partial charge in [0.2, 0.25) is 5.91 Å². The molecule has 8 heteroatoms. The van der Waals surface area contributed by atoms with Crippen LogP contribution in [0.5, 0.6) is 0 Å². The molecule has 3 aromatic heterocycles. The molecule has 1 aliphatic carbocycles. The summed E-state index contributed by atoms with van der Waals surface area (Å²) in [6.07, 6.45) is 7.66. The van der Waals surface area contributed by atoms with Gasteiger partial charge in [0, 0.05) is 12.6 Å². The largest absolute Gasteiger partial charge is 0.437 e. The van der Waals surface area contributed by atoms with E-state index in [1.165, 1.54) is 35.3 Å². The first-order valence-corrected chi connectivity index (χ1v) is 10.5. The summed E-state index contributed by atoms with van der Waals surface area (Å²) >= 11 is 1.45. The van der Waals surface area contributed by atoms with Crippen LogP contribution in [0.4, 0.5) is 0 Å².